The third kappa shape index (κ3) is 6.74. The monoisotopic (exact) mass is 421 g/mol. The standard InChI is InChI=1S/C22H28ClNO3S/c1-18(13-15-25)12-14-24(17-19(2)16-20-6-4-3-5-7-20)28(26,27)22-10-8-21(23)9-11-22/h3-11,16,18,25H,12-15,17H2,1-2H3. The Morgan fingerprint density at radius 3 is 2.36 bits per heavy atom. The molecule has 1 unspecified atom stereocenters. The second-order valence-corrected chi connectivity index (χ2v) is 9.47. The lowest BCUT2D eigenvalue weighted by molar-refractivity contribution is 0.253. The zero-order valence-electron chi connectivity index (χ0n) is 16.4. The molecule has 0 saturated heterocycles. The summed E-state index contributed by atoms with van der Waals surface area (Å²) >= 11 is 5.91. The van der Waals surface area contributed by atoms with Crippen LogP contribution in [0.5, 0.6) is 0 Å². The van der Waals surface area contributed by atoms with Crippen LogP contribution in [0.3, 0.4) is 0 Å². The Morgan fingerprint density at radius 1 is 1.11 bits per heavy atom. The molecule has 2 aromatic rings. The quantitative estimate of drug-likeness (QED) is 0.597. The summed E-state index contributed by atoms with van der Waals surface area (Å²) in [6.45, 7) is 4.78. The van der Waals surface area contributed by atoms with E-state index in [2.05, 4.69) is 0 Å². The molecule has 0 bridgehead atoms. The van der Waals surface area contributed by atoms with Crippen LogP contribution in [0.1, 0.15) is 32.3 Å². The summed E-state index contributed by atoms with van der Waals surface area (Å²) in [5.74, 6) is 0.242. The van der Waals surface area contributed by atoms with Crippen LogP contribution in [0.4, 0.5) is 0 Å². The first-order valence-electron chi connectivity index (χ1n) is 9.41. The highest BCUT2D eigenvalue weighted by Crippen LogP contribution is 2.22. The first-order valence-corrected chi connectivity index (χ1v) is 11.2. The smallest absolute Gasteiger partial charge is 0.243 e. The molecule has 0 fully saturated rings. The Morgan fingerprint density at radius 2 is 1.75 bits per heavy atom. The van der Waals surface area contributed by atoms with E-state index in [0.29, 0.717) is 31.0 Å². The maximum atomic E-state index is 13.2. The topological polar surface area (TPSA) is 57.6 Å². The predicted molar refractivity (Wildman–Crippen MR) is 116 cm³/mol. The molecule has 2 aromatic carbocycles. The van der Waals surface area contributed by atoms with E-state index in [1.807, 2.05) is 50.3 Å². The van der Waals surface area contributed by atoms with Crippen LogP contribution in [-0.4, -0.2) is 37.5 Å². The lowest BCUT2D eigenvalue weighted by atomic mass is 10.0. The van der Waals surface area contributed by atoms with E-state index in [0.717, 1.165) is 11.1 Å². The highest BCUT2D eigenvalue weighted by Gasteiger charge is 2.25. The zero-order valence-corrected chi connectivity index (χ0v) is 18.0. The van der Waals surface area contributed by atoms with Gasteiger partial charge >= 0.3 is 0 Å². The third-order valence-corrected chi connectivity index (χ3v) is 6.69. The molecule has 0 aliphatic rings. The molecule has 0 spiro atoms. The van der Waals surface area contributed by atoms with Crippen LogP contribution >= 0.6 is 11.6 Å². The van der Waals surface area contributed by atoms with Crippen molar-refractivity contribution in [2.24, 2.45) is 5.92 Å². The van der Waals surface area contributed by atoms with Crippen molar-refractivity contribution in [3.63, 3.8) is 0 Å². The second kappa shape index (κ2) is 10.8. The van der Waals surface area contributed by atoms with Crippen LogP contribution in [0, 0.1) is 5.92 Å². The summed E-state index contributed by atoms with van der Waals surface area (Å²) in [5.41, 5.74) is 2.00. The molecule has 1 N–H and O–H groups in total. The van der Waals surface area contributed by atoms with Crippen molar-refractivity contribution in [1.82, 2.24) is 4.31 Å². The van der Waals surface area contributed by atoms with Crippen LogP contribution in [0.15, 0.2) is 65.1 Å². The van der Waals surface area contributed by atoms with Gasteiger partial charge in [-0.05, 0) is 55.5 Å². The summed E-state index contributed by atoms with van der Waals surface area (Å²) in [5, 5.41) is 9.62. The molecule has 0 heterocycles. The number of benzene rings is 2. The van der Waals surface area contributed by atoms with Gasteiger partial charge in [-0.15, -0.1) is 0 Å². The number of sulfonamides is 1. The van der Waals surface area contributed by atoms with Gasteiger partial charge in [-0.2, -0.15) is 4.31 Å². The molecule has 0 amide bonds. The van der Waals surface area contributed by atoms with Gasteiger partial charge in [0.05, 0.1) is 4.90 Å². The van der Waals surface area contributed by atoms with E-state index in [1.54, 1.807) is 12.1 Å². The van der Waals surface area contributed by atoms with Crippen molar-refractivity contribution in [3.05, 3.63) is 70.8 Å². The molecule has 0 aromatic heterocycles. The van der Waals surface area contributed by atoms with Gasteiger partial charge in [-0.25, -0.2) is 8.42 Å². The molecule has 28 heavy (non-hydrogen) atoms. The number of nitrogens with zero attached hydrogens (tertiary/aromatic N) is 1. The van der Waals surface area contributed by atoms with Gasteiger partial charge in [0.15, 0.2) is 0 Å². The van der Waals surface area contributed by atoms with Crippen molar-refractivity contribution in [1.29, 1.82) is 0 Å². The Hall–Kier alpha value is -1.66. The van der Waals surface area contributed by atoms with Gasteiger partial charge in [-0.3, -0.25) is 0 Å². The number of aliphatic hydroxyl groups is 1. The van der Waals surface area contributed by atoms with Crippen molar-refractivity contribution in [2.75, 3.05) is 19.7 Å². The molecular formula is C22H28ClNO3S. The normalized spacial score (nSPS) is 13.7. The second-order valence-electron chi connectivity index (χ2n) is 7.10. The largest absolute Gasteiger partial charge is 0.396 e. The molecule has 2 rings (SSSR count). The molecule has 4 nitrogen and oxygen atoms in total. The maximum absolute atomic E-state index is 13.2. The minimum atomic E-state index is -3.64. The van der Waals surface area contributed by atoms with Crippen LogP contribution < -0.4 is 0 Å². The Bertz CT molecular complexity index is 864. The highest BCUT2D eigenvalue weighted by atomic mass is 35.5. The fourth-order valence-electron chi connectivity index (χ4n) is 2.93. The average Bonchev–Trinajstić information content (AvgIpc) is 2.66. The molecule has 0 aliphatic heterocycles. The predicted octanol–water partition coefficient (Wildman–Crippen LogP) is 4.84. The van der Waals surface area contributed by atoms with E-state index in [1.165, 1.54) is 16.4 Å². The van der Waals surface area contributed by atoms with Crippen LogP contribution in [0.2, 0.25) is 5.02 Å². The Balaban J connectivity index is 2.25. The fraction of sp³-hybridized carbons (Fsp3) is 0.364. The first-order chi connectivity index (χ1) is 13.3. The summed E-state index contributed by atoms with van der Waals surface area (Å²) in [6.07, 6.45) is 3.35. The van der Waals surface area contributed by atoms with Gasteiger partial charge < -0.3 is 5.11 Å². The van der Waals surface area contributed by atoms with E-state index in [9.17, 15) is 8.42 Å². The van der Waals surface area contributed by atoms with Gasteiger partial charge in [0.25, 0.3) is 0 Å². The SMILES string of the molecule is CC(=Cc1ccccc1)CN(CCC(C)CCO)S(=O)(=O)c1ccc(Cl)cc1. The van der Waals surface area contributed by atoms with Crippen molar-refractivity contribution >= 4 is 27.7 Å². The molecule has 0 radical (unpaired) electrons. The van der Waals surface area contributed by atoms with Crippen molar-refractivity contribution in [2.45, 2.75) is 31.6 Å². The first kappa shape index (κ1) is 22.6. The highest BCUT2D eigenvalue weighted by molar-refractivity contribution is 7.89. The van der Waals surface area contributed by atoms with Gasteiger partial charge in [0.2, 0.25) is 10.0 Å². The van der Waals surface area contributed by atoms with E-state index in [-0.39, 0.29) is 17.4 Å². The Labute approximate surface area is 173 Å². The maximum Gasteiger partial charge on any atom is 0.243 e. The van der Waals surface area contributed by atoms with Gasteiger partial charge in [0, 0.05) is 24.7 Å². The fourth-order valence-corrected chi connectivity index (χ4v) is 4.55. The van der Waals surface area contributed by atoms with Gasteiger partial charge in [0.1, 0.15) is 0 Å². The number of rotatable bonds is 10. The molecular weight excluding hydrogens is 394 g/mol. The van der Waals surface area contributed by atoms with Crippen molar-refractivity contribution < 1.29 is 13.5 Å². The molecule has 0 aliphatic carbocycles. The summed E-state index contributed by atoms with van der Waals surface area (Å²) in [7, 11) is -3.64. The number of hydrogen-bond donors (Lipinski definition) is 1. The average molecular weight is 422 g/mol. The molecule has 6 heteroatoms. The van der Waals surface area contributed by atoms with E-state index in [4.69, 9.17) is 16.7 Å². The molecule has 1 atom stereocenters. The zero-order chi connectivity index (χ0) is 20.6. The number of hydrogen-bond acceptors (Lipinski definition) is 3. The summed E-state index contributed by atoms with van der Waals surface area (Å²) in [6, 6.07) is 16.1. The minimum Gasteiger partial charge on any atom is -0.396 e. The minimum absolute atomic E-state index is 0.109. The van der Waals surface area contributed by atoms with Crippen molar-refractivity contribution in [3.8, 4) is 0 Å². The number of halogens is 1. The summed E-state index contributed by atoms with van der Waals surface area (Å²) < 4.78 is 27.9. The number of aliphatic hydroxyl groups excluding tert-OH is 1. The lowest BCUT2D eigenvalue weighted by Crippen LogP contribution is -2.34. The van der Waals surface area contributed by atoms with Crippen LogP contribution in [-0.2, 0) is 10.0 Å². The lowest BCUT2D eigenvalue weighted by Gasteiger charge is -2.24. The van der Waals surface area contributed by atoms with Gasteiger partial charge in [-0.1, -0.05) is 60.5 Å². The Kier molecular flexibility index (Phi) is 8.70. The van der Waals surface area contributed by atoms with E-state index < -0.39 is 10.0 Å². The van der Waals surface area contributed by atoms with E-state index >= 15 is 0 Å². The molecule has 152 valence electrons. The summed E-state index contributed by atoms with van der Waals surface area (Å²) in [4.78, 5) is 0.235. The van der Waals surface area contributed by atoms with Crippen LogP contribution in [0.25, 0.3) is 6.08 Å². The molecule has 0 saturated carbocycles. The third-order valence-electron chi connectivity index (χ3n) is 4.58.